The molecule has 0 aromatic heterocycles. The topological polar surface area (TPSA) is 96.3 Å². The highest BCUT2D eigenvalue weighted by atomic mass is 32.2. The van der Waals surface area contributed by atoms with Gasteiger partial charge in [0.25, 0.3) is 5.91 Å². The van der Waals surface area contributed by atoms with Crippen LogP contribution in [0.4, 0.5) is 0 Å². The summed E-state index contributed by atoms with van der Waals surface area (Å²) >= 11 is 6.31. The molecule has 1 aromatic rings. The molecular weight excluding hydrogens is 390 g/mol. The first-order valence-electron chi connectivity index (χ1n) is 8.19. The van der Waals surface area contributed by atoms with Gasteiger partial charge in [0.2, 0.25) is 5.75 Å². The maximum absolute atomic E-state index is 12.8. The number of benzene rings is 1. The third-order valence-corrected chi connectivity index (χ3v) is 5.67. The van der Waals surface area contributed by atoms with Crippen LogP contribution in [0.5, 0.6) is 17.2 Å². The molecule has 1 saturated heterocycles. The molecule has 0 bridgehead atoms. The van der Waals surface area contributed by atoms with Gasteiger partial charge in [-0.25, -0.2) is 4.79 Å². The highest BCUT2D eigenvalue weighted by molar-refractivity contribution is 8.26. The van der Waals surface area contributed by atoms with Crippen LogP contribution in [0.2, 0.25) is 0 Å². The number of carbonyl (C=O) groups is 2. The van der Waals surface area contributed by atoms with Crippen molar-refractivity contribution < 1.29 is 29.3 Å². The molecular formula is C18H21NO6S2. The minimum Gasteiger partial charge on any atom is -0.502 e. The molecule has 0 saturated carbocycles. The van der Waals surface area contributed by atoms with Crippen LogP contribution < -0.4 is 9.47 Å². The Balaban J connectivity index is 2.43. The first-order chi connectivity index (χ1) is 12.7. The fourth-order valence-corrected chi connectivity index (χ4v) is 4.03. The lowest BCUT2D eigenvalue weighted by molar-refractivity contribution is -0.147. The quantitative estimate of drug-likeness (QED) is 0.522. The number of phenols is 1. The lowest BCUT2D eigenvalue weighted by Crippen LogP contribution is -2.47. The number of carboxylic acid groups (broad SMARTS) is 1. The summed E-state index contributed by atoms with van der Waals surface area (Å²) in [5, 5.41) is 19.6. The van der Waals surface area contributed by atoms with Gasteiger partial charge in [-0.3, -0.25) is 9.69 Å². The van der Waals surface area contributed by atoms with E-state index < -0.39 is 17.9 Å². The molecule has 27 heavy (non-hydrogen) atoms. The molecule has 2 rings (SSSR count). The van der Waals surface area contributed by atoms with Gasteiger partial charge in [0, 0.05) is 0 Å². The summed E-state index contributed by atoms with van der Waals surface area (Å²) in [5.41, 5.74) is 0.553. The number of carboxylic acids is 1. The Hall–Kier alpha value is -2.26. The number of aliphatic carboxylic acids is 1. The number of carbonyl (C=O) groups excluding carboxylic acids is 1. The molecule has 0 radical (unpaired) electrons. The summed E-state index contributed by atoms with van der Waals surface area (Å²) in [6.45, 7) is 3.64. The van der Waals surface area contributed by atoms with E-state index in [2.05, 4.69) is 0 Å². The number of amides is 1. The molecule has 1 heterocycles. The number of hydrogen-bond acceptors (Lipinski definition) is 7. The number of rotatable bonds is 7. The van der Waals surface area contributed by atoms with E-state index in [9.17, 15) is 19.8 Å². The number of ether oxygens (including phenoxy) is 2. The summed E-state index contributed by atoms with van der Waals surface area (Å²) in [6.07, 6.45) is 2.17. The summed E-state index contributed by atoms with van der Waals surface area (Å²) in [4.78, 5) is 26.0. The number of thiocarbonyl (C=S) groups is 1. The van der Waals surface area contributed by atoms with E-state index >= 15 is 0 Å². The lowest BCUT2D eigenvalue weighted by Gasteiger charge is -2.27. The second-order valence-electron chi connectivity index (χ2n) is 5.99. The molecule has 2 unspecified atom stereocenters. The third kappa shape index (κ3) is 4.19. The van der Waals surface area contributed by atoms with Gasteiger partial charge in [-0.2, -0.15) is 0 Å². The zero-order valence-electron chi connectivity index (χ0n) is 15.4. The van der Waals surface area contributed by atoms with Crippen LogP contribution in [0.25, 0.3) is 6.08 Å². The van der Waals surface area contributed by atoms with E-state index in [1.165, 1.54) is 14.2 Å². The minimum absolute atomic E-state index is 0.146. The van der Waals surface area contributed by atoms with Crippen molar-refractivity contribution in [3.05, 3.63) is 22.6 Å². The first kappa shape index (κ1) is 21.0. The fraction of sp³-hybridized carbons (Fsp3) is 0.389. The van der Waals surface area contributed by atoms with Gasteiger partial charge >= 0.3 is 5.97 Å². The fourth-order valence-electron chi connectivity index (χ4n) is 2.70. The zero-order chi connectivity index (χ0) is 20.3. The van der Waals surface area contributed by atoms with Crippen LogP contribution in [0.3, 0.4) is 0 Å². The average molecular weight is 412 g/mol. The molecule has 2 atom stereocenters. The van der Waals surface area contributed by atoms with E-state index in [-0.39, 0.29) is 27.5 Å². The molecule has 1 aliphatic heterocycles. The van der Waals surface area contributed by atoms with Crippen molar-refractivity contribution in [1.29, 1.82) is 0 Å². The number of methoxy groups -OCH3 is 2. The predicted octanol–water partition coefficient (Wildman–Crippen LogP) is 3.11. The van der Waals surface area contributed by atoms with Crippen molar-refractivity contribution >= 4 is 46.3 Å². The van der Waals surface area contributed by atoms with Crippen LogP contribution in [0.15, 0.2) is 17.0 Å². The van der Waals surface area contributed by atoms with Crippen LogP contribution in [-0.2, 0) is 9.59 Å². The zero-order valence-corrected chi connectivity index (χ0v) is 17.0. The summed E-state index contributed by atoms with van der Waals surface area (Å²) < 4.78 is 10.4. The summed E-state index contributed by atoms with van der Waals surface area (Å²) in [5.74, 6) is -1.55. The standard InChI is InChI=1S/C18H21NO6S2/c1-5-9(2)14(17(22)23)19-16(21)13(27-18(19)26)8-10-6-11(24-3)15(20)12(7-10)25-4/h6-9,14,20H,5H2,1-4H3,(H,22,23)/b13-8-. The van der Waals surface area contributed by atoms with Crippen molar-refractivity contribution in [2.24, 2.45) is 5.92 Å². The molecule has 2 N–H and O–H groups in total. The van der Waals surface area contributed by atoms with Gasteiger partial charge < -0.3 is 19.7 Å². The number of hydrogen-bond donors (Lipinski definition) is 2. The molecule has 1 aromatic carbocycles. The molecule has 1 aliphatic rings. The first-order valence-corrected chi connectivity index (χ1v) is 9.42. The molecule has 146 valence electrons. The monoisotopic (exact) mass is 411 g/mol. The van der Waals surface area contributed by atoms with E-state index in [1.54, 1.807) is 25.1 Å². The van der Waals surface area contributed by atoms with Gasteiger partial charge in [-0.05, 0) is 29.7 Å². The Morgan fingerprint density at radius 1 is 1.33 bits per heavy atom. The Morgan fingerprint density at radius 2 is 1.89 bits per heavy atom. The Kier molecular flexibility index (Phi) is 6.72. The third-order valence-electron chi connectivity index (χ3n) is 4.34. The van der Waals surface area contributed by atoms with Crippen molar-refractivity contribution in [1.82, 2.24) is 4.90 Å². The molecule has 0 aliphatic carbocycles. The minimum atomic E-state index is -1.09. The predicted molar refractivity (Wildman–Crippen MR) is 107 cm³/mol. The average Bonchev–Trinajstić information content (AvgIpc) is 2.90. The SMILES string of the molecule is CCC(C)C(C(=O)O)N1C(=O)/C(=C/c2cc(OC)c(O)c(OC)c2)SC1=S. The van der Waals surface area contributed by atoms with E-state index in [1.807, 2.05) is 6.92 Å². The van der Waals surface area contributed by atoms with Crippen molar-refractivity contribution in [2.45, 2.75) is 26.3 Å². The van der Waals surface area contributed by atoms with Gasteiger partial charge in [0.05, 0.1) is 19.1 Å². The largest absolute Gasteiger partial charge is 0.502 e. The second-order valence-corrected chi connectivity index (χ2v) is 7.67. The molecule has 0 spiro atoms. The van der Waals surface area contributed by atoms with Crippen LogP contribution in [-0.4, -0.2) is 51.6 Å². The van der Waals surface area contributed by atoms with E-state index in [0.717, 1.165) is 16.7 Å². The number of phenolic OH excluding ortho intramolecular Hbond substituents is 1. The highest BCUT2D eigenvalue weighted by Crippen LogP contribution is 2.40. The van der Waals surface area contributed by atoms with Crippen LogP contribution in [0, 0.1) is 5.92 Å². The molecule has 7 nitrogen and oxygen atoms in total. The van der Waals surface area contributed by atoms with Gasteiger partial charge in [-0.15, -0.1) is 0 Å². The molecule has 1 fully saturated rings. The Labute approximate surface area is 166 Å². The maximum Gasteiger partial charge on any atom is 0.327 e. The van der Waals surface area contributed by atoms with Crippen molar-refractivity contribution in [3.8, 4) is 17.2 Å². The summed E-state index contributed by atoms with van der Waals surface area (Å²) in [6, 6.07) is 2.08. The number of aromatic hydroxyl groups is 1. The van der Waals surface area contributed by atoms with E-state index in [4.69, 9.17) is 21.7 Å². The van der Waals surface area contributed by atoms with Crippen molar-refractivity contribution in [3.63, 3.8) is 0 Å². The van der Waals surface area contributed by atoms with Crippen LogP contribution >= 0.6 is 24.0 Å². The van der Waals surface area contributed by atoms with E-state index in [0.29, 0.717) is 16.9 Å². The molecule has 9 heteroatoms. The van der Waals surface area contributed by atoms with Gasteiger partial charge in [0.1, 0.15) is 10.4 Å². The Morgan fingerprint density at radius 3 is 2.33 bits per heavy atom. The summed E-state index contributed by atoms with van der Waals surface area (Å²) in [7, 11) is 2.81. The smallest absolute Gasteiger partial charge is 0.327 e. The normalized spacial score (nSPS) is 17.9. The molecule has 1 amide bonds. The lowest BCUT2D eigenvalue weighted by atomic mass is 9.98. The maximum atomic E-state index is 12.8. The van der Waals surface area contributed by atoms with Crippen molar-refractivity contribution in [2.75, 3.05) is 14.2 Å². The highest BCUT2D eigenvalue weighted by Gasteiger charge is 2.42. The van der Waals surface area contributed by atoms with Gasteiger partial charge in [0.15, 0.2) is 11.5 Å². The number of thioether (sulfide) groups is 1. The number of nitrogens with zero attached hydrogens (tertiary/aromatic N) is 1. The van der Waals surface area contributed by atoms with Gasteiger partial charge in [-0.1, -0.05) is 44.2 Å². The Bertz CT molecular complexity index is 782. The van der Waals surface area contributed by atoms with Crippen LogP contribution in [0.1, 0.15) is 25.8 Å². The second kappa shape index (κ2) is 8.62.